The predicted molar refractivity (Wildman–Crippen MR) is 105 cm³/mol. The van der Waals surface area contributed by atoms with Gasteiger partial charge in [0.2, 0.25) is 0 Å². The molecule has 2 heterocycles. The van der Waals surface area contributed by atoms with Crippen molar-refractivity contribution in [2.75, 3.05) is 16.8 Å². The van der Waals surface area contributed by atoms with Gasteiger partial charge in [-0.1, -0.05) is 24.3 Å². The molecule has 140 valence electrons. The van der Waals surface area contributed by atoms with E-state index in [1.807, 2.05) is 30.3 Å². The summed E-state index contributed by atoms with van der Waals surface area (Å²) in [4.78, 5) is 29.5. The molecule has 2 amide bonds. The molecule has 0 fully saturated rings. The van der Waals surface area contributed by atoms with Gasteiger partial charge in [0.05, 0.1) is 11.3 Å². The van der Waals surface area contributed by atoms with Crippen molar-refractivity contribution in [3.63, 3.8) is 0 Å². The Balaban J connectivity index is 1.86. The van der Waals surface area contributed by atoms with Crippen molar-refractivity contribution < 1.29 is 18.4 Å². The largest absolute Gasteiger partial charge is 0.339 e. The lowest BCUT2D eigenvalue weighted by Gasteiger charge is -2.21. The number of likely N-dealkylation sites (N-methyl/N-ethyl adjacent to an activating group) is 1. The molecule has 7 heteroatoms. The van der Waals surface area contributed by atoms with E-state index in [1.54, 1.807) is 29.5 Å². The number of thiophene rings is 1. The Labute approximate surface area is 163 Å². The highest BCUT2D eigenvalue weighted by Crippen LogP contribution is 2.37. The van der Waals surface area contributed by atoms with Gasteiger partial charge in [0.1, 0.15) is 5.70 Å². The van der Waals surface area contributed by atoms with Crippen LogP contribution in [0.15, 0.2) is 71.7 Å². The molecule has 0 saturated heterocycles. The number of imide groups is 1. The van der Waals surface area contributed by atoms with E-state index >= 15 is 0 Å². The number of halogens is 2. The molecular formula is C21H14F2N2O2S. The molecule has 4 rings (SSSR count). The standard InChI is InChI=1S/C21H14F2N2O2S/c1-24(13-6-3-2-4-7-13)19-18(17-8-5-11-28-17)20(26)25(21(19)27)14-9-10-15(22)16(23)12-14/h2-12H,1H3. The molecule has 0 bridgehead atoms. The Morgan fingerprint density at radius 3 is 2.29 bits per heavy atom. The highest BCUT2D eigenvalue weighted by molar-refractivity contribution is 7.11. The Bertz CT molecular complexity index is 1090. The molecule has 0 saturated carbocycles. The van der Waals surface area contributed by atoms with Crippen LogP contribution in [0, 0.1) is 11.6 Å². The third-order valence-electron chi connectivity index (χ3n) is 4.47. The van der Waals surface area contributed by atoms with Gasteiger partial charge in [-0.15, -0.1) is 11.3 Å². The molecule has 1 aromatic heterocycles. The predicted octanol–water partition coefficient (Wildman–Crippen LogP) is 4.45. The summed E-state index contributed by atoms with van der Waals surface area (Å²) in [6, 6.07) is 15.6. The van der Waals surface area contributed by atoms with Crippen LogP contribution in [-0.4, -0.2) is 18.9 Å². The van der Waals surface area contributed by atoms with E-state index in [9.17, 15) is 18.4 Å². The van der Waals surface area contributed by atoms with E-state index < -0.39 is 23.4 Å². The lowest BCUT2D eigenvalue weighted by atomic mass is 10.1. The Kier molecular flexibility index (Phi) is 4.52. The van der Waals surface area contributed by atoms with Gasteiger partial charge >= 0.3 is 0 Å². The first kappa shape index (κ1) is 18.1. The number of carbonyl (C=O) groups excluding carboxylic acids is 2. The SMILES string of the molecule is CN(C1=C(c2cccs2)C(=O)N(c2ccc(F)c(F)c2)C1=O)c1ccccc1. The number of anilines is 2. The Morgan fingerprint density at radius 1 is 0.893 bits per heavy atom. The fraction of sp³-hybridized carbons (Fsp3) is 0.0476. The van der Waals surface area contributed by atoms with Gasteiger partial charge < -0.3 is 4.90 Å². The van der Waals surface area contributed by atoms with Crippen molar-refractivity contribution in [2.45, 2.75) is 0 Å². The first-order valence-corrected chi connectivity index (χ1v) is 9.27. The molecule has 1 aliphatic rings. The van der Waals surface area contributed by atoms with Gasteiger partial charge in [-0.05, 0) is 35.7 Å². The second-order valence-corrected chi connectivity index (χ2v) is 7.09. The van der Waals surface area contributed by atoms with Crippen molar-refractivity contribution in [1.29, 1.82) is 0 Å². The second-order valence-electron chi connectivity index (χ2n) is 6.14. The summed E-state index contributed by atoms with van der Waals surface area (Å²) in [6.45, 7) is 0. The minimum Gasteiger partial charge on any atom is -0.339 e. The van der Waals surface area contributed by atoms with Crippen LogP contribution in [0.4, 0.5) is 20.2 Å². The maximum absolute atomic E-state index is 13.7. The third kappa shape index (κ3) is 2.90. The first-order chi connectivity index (χ1) is 13.5. The molecule has 2 aromatic carbocycles. The van der Waals surface area contributed by atoms with Gasteiger partial charge in [0.25, 0.3) is 11.8 Å². The topological polar surface area (TPSA) is 40.6 Å². The van der Waals surface area contributed by atoms with Gasteiger partial charge in [-0.25, -0.2) is 13.7 Å². The number of nitrogens with zero attached hydrogens (tertiary/aromatic N) is 2. The lowest BCUT2D eigenvalue weighted by Crippen LogP contribution is -2.34. The summed E-state index contributed by atoms with van der Waals surface area (Å²) in [5.74, 6) is -3.33. The van der Waals surface area contributed by atoms with Gasteiger partial charge in [0.15, 0.2) is 11.6 Å². The minimum absolute atomic E-state index is 0.0144. The van der Waals surface area contributed by atoms with Crippen LogP contribution in [0.1, 0.15) is 4.88 Å². The van der Waals surface area contributed by atoms with Gasteiger partial charge in [-0.3, -0.25) is 9.59 Å². The Morgan fingerprint density at radius 2 is 1.64 bits per heavy atom. The van der Waals surface area contributed by atoms with E-state index in [1.165, 1.54) is 17.4 Å². The quantitative estimate of drug-likeness (QED) is 0.612. The zero-order valence-electron chi connectivity index (χ0n) is 14.7. The molecule has 1 aliphatic heterocycles. The molecule has 28 heavy (non-hydrogen) atoms. The van der Waals surface area contributed by atoms with E-state index in [2.05, 4.69) is 0 Å². The number of para-hydroxylation sites is 1. The molecule has 0 unspecified atom stereocenters. The number of benzene rings is 2. The Hall–Kier alpha value is -3.32. The van der Waals surface area contributed by atoms with E-state index in [0.717, 1.165) is 22.7 Å². The van der Waals surface area contributed by atoms with E-state index in [4.69, 9.17) is 0 Å². The van der Waals surface area contributed by atoms with Crippen molar-refractivity contribution >= 4 is 40.1 Å². The summed E-state index contributed by atoms with van der Waals surface area (Å²) in [7, 11) is 1.69. The third-order valence-corrected chi connectivity index (χ3v) is 5.35. The van der Waals surface area contributed by atoms with Gasteiger partial charge in [0, 0.05) is 23.7 Å². The minimum atomic E-state index is -1.12. The summed E-state index contributed by atoms with van der Waals surface area (Å²) in [5.41, 5.74) is 1.12. The average molecular weight is 396 g/mol. The van der Waals surface area contributed by atoms with Crippen molar-refractivity contribution in [3.05, 3.63) is 88.3 Å². The van der Waals surface area contributed by atoms with Crippen LogP contribution >= 0.6 is 11.3 Å². The van der Waals surface area contributed by atoms with Crippen LogP contribution in [-0.2, 0) is 9.59 Å². The molecule has 4 nitrogen and oxygen atoms in total. The van der Waals surface area contributed by atoms with Crippen LogP contribution in [0.5, 0.6) is 0 Å². The normalized spacial score (nSPS) is 14.2. The smallest absolute Gasteiger partial charge is 0.282 e. The second kappa shape index (κ2) is 7.01. The average Bonchev–Trinajstić information content (AvgIpc) is 3.30. The summed E-state index contributed by atoms with van der Waals surface area (Å²) < 4.78 is 27.1. The zero-order valence-corrected chi connectivity index (χ0v) is 15.5. The number of hydrogen-bond acceptors (Lipinski definition) is 4. The molecule has 0 N–H and O–H groups in total. The summed E-state index contributed by atoms with van der Waals surface area (Å²) in [5, 5.41) is 1.81. The maximum atomic E-state index is 13.7. The molecular weight excluding hydrogens is 382 g/mol. The van der Waals surface area contributed by atoms with Crippen LogP contribution < -0.4 is 9.80 Å². The number of hydrogen-bond donors (Lipinski definition) is 0. The number of carbonyl (C=O) groups is 2. The number of amides is 2. The van der Waals surface area contributed by atoms with Crippen molar-refractivity contribution in [1.82, 2.24) is 0 Å². The van der Waals surface area contributed by atoms with Crippen LogP contribution in [0.25, 0.3) is 5.57 Å². The van der Waals surface area contributed by atoms with Crippen molar-refractivity contribution in [2.24, 2.45) is 0 Å². The molecule has 0 aliphatic carbocycles. The lowest BCUT2D eigenvalue weighted by molar-refractivity contribution is -0.120. The zero-order chi connectivity index (χ0) is 19.8. The van der Waals surface area contributed by atoms with Gasteiger partial charge in [-0.2, -0.15) is 0 Å². The van der Waals surface area contributed by atoms with Crippen LogP contribution in [0.3, 0.4) is 0 Å². The summed E-state index contributed by atoms with van der Waals surface area (Å²) in [6.07, 6.45) is 0. The highest BCUT2D eigenvalue weighted by Gasteiger charge is 2.42. The van der Waals surface area contributed by atoms with Crippen molar-refractivity contribution in [3.8, 4) is 0 Å². The maximum Gasteiger partial charge on any atom is 0.282 e. The first-order valence-electron chi connectivity index (χ1n) is 8.40. The molecule has 0 radical (unpaired) electrons. The fourth-order valence-corrected chi connectivity index (χ4v) is 3.87. The van der Waals surface area contributed by atoms with E-state index in [0.29, 0.717) is 4.88 Å². The highest BCUT2D eigenvalue weighted by atomic mass is 32.1. The summed E-state index contributed by atoms with van der Waals surface area (Å²) >= 11 is 1.33. The monoisotopic (exact) mass is 396 g/mol. The molecule has 0 spiro atoms. The number of rotatable bonds is 4. The van der Waals surface area contributed by atoms with E-state index in [-0.39, 0.29) is 17.0 Å². The fourth-order valence-electron chi connectivity index (χ4n) is 3.11. The molecule has 0 atom stereocenters. The van der Waals surface area contributed by atoms with Crippen LogP contribution in [0.2, 0.25) is 0 Å². The molecule has 3 aromatic rings.